The van der Waals surface area contributed by atoms with E-state index in [0.29, 0.717) is 54.7 Å². The maximum atomic E-state index is 12.7. The normalized spacial score (nSPS) is 25.4. The molecule has 0 spiro atoms. The van der Waals surface area contributed by atoms with Crippen LogP contribution < -0.4 is 26.2 Å². The lowest BCUT2D eigenvalue weighted by Gasteiger charge is -2.20. The molecule has 256 valence electrons. The molecule has 6 N–H and O–H groups in total. The van der Waals surface area contributed by atoms with Crippen molar-refractivity contribution in [2.24, 2.45) is 0 Å². The Labute approximate surface area is 282 Å². The van der Waals surface area contributed by atoms with E-state index in [1.165, 1.54) is 0 Å². The number of fused-ring (bicyclic) bond motifs is 2. The minimum atomic E-state index is -1.29. The third-order valence-electron chi connectivity index (χ3n) is 9.67. The third-order valence-corrected chi connectivity index (χ3v) is 9.67. The van der Waals surface area contributed by atoms with E-state index in [4.69, 9.17) is 19.2 Å². The molecule has 8 rings (SSSR count). The lowest BCUT2D eigenvalue weighted by atomic mass is 10.0. The van der Waals surface area contributed by atoms with Crippen molar-refractivity contribution in [3.05, 3.63) is 71.9 Å². The minimum absolute atomic E-state index is 0.0866. The standard InChI is InChI=1S/C34H40N10O5/c1-2-21-14-25(49-42-21)29-27(45)28(46)32(48-29)44-18-37-26-30(36-15-20-8-5-7-19-6-3-4-9-24(19)20)40-33(41-31(26)44)43-13-11-23(17-43)39-34(47)38-22-10-12-35-16-22/h3-9,14,18,22-23,27-29,32,35,45-46H,2,10-13,15-17H2,1H3,(H,36,40,41)(H2,38,39,47)/t22-,23-,27+,28-,29-,32-/m1/s1. The van der Waals surface area contributed by atoms with Crippen LogP contribution in [-0.4, -0.2) is 91.4 Å². The number of aliphatic hydroxyl groups excluding tert-OH is 2. The molecule has 15 nitrogen and oxygen atoms in total. The van der Waals surface area contributed by atoms with E-state index in [-0.39, 0.29) is 18.1 Å². The average Bonchev–Trinajstić information content (AvgIpc) is 3.97. The number of carbonyl (C=O) groups excluding carboxylic acids is 1. The summed E-state index contributed by atoms with van der Waals surface area (Å²) in [5.74, 6) is 1.31. The molecule has 0 aliphatic carbocycles. The first-order chi connectivity index (χ1) is 23.9. The van der Waals surface area contributed by atoms with Crippen molar-refractivity contribution in [2.45, 2.75) is 69.4 Å². The fraction of sp³-hybridized carbons (Fsp3) is 0.441. The number of urea groups is 1. The molecule has 3 aliphatic rings. The van der Waals surface area contributed by atoms with E-state index in [0.717, 1.165) is 48.0 Å². The van der Waals surface area contributed by atoms with Crippen molar-refractivity contribution in [3.8, 4) is 0 Å². The van der Waals surface area contributed by atoms with E-state index in [2.05, 4.69) is 55.7 Å². The van der Waals surface area contributed by atoms with E-state index in [1.54, 1.807) is 17.0 Å². The molecule has 3 aliphatic heterocycles. The average molecular weight is 669 g/mol. The van der Waals surface area contributed by atoms with Crippen LogP contribution in [0.4, 0.5) is 16.6 Å². The molecular formula is C34H40N10O5. The molecule has 3 saturated heterocycles. The molecule has 49 heavy (non-hydrogen) atoms. The van der Waals surface area contributed by atoms with Crippen molar-refractivity contribution < 1.29 is 24.3 Å². The number of aromatic nitrogens is 5. The Hall–Kier alpha value is -4.83. The second-order valence-electron chi connectivity index (χ2n) is 12.9. The van der Waals surface area contributed by atoms with Crippen molar-refractivity contribution in [1.29, 1.82) is 0 Å². The van der Waals surface area contributed by atoms with Gasteiger partial charge in [-0.05, 0) is 42.1 Å². The minimum Gasteiger partial charge on any atom is -0.387 e. The summed E-state index contributed by atoms with van der Waals surface area (Å²) >= 11 is 0. The SMILES string of the molecule is CCc1cc([C@H]2O[C@@H](n3cnc4c(NCc5cccc6ccccc56)nc(N5CC[C@@H](NC(=O)N[C@@H]6CCNC6)C5)nc43)[C@H](O)[C@@H]2O)on1. The van der Waals surface area contributed by atoms with Gasteiger partial charge in [0.15, 0.2) is 29.0 Å². The molecule has 5 aromatic rings. The Balaban J connectivity index is 1.09. The van der Waals surface area contributed by atoms with E-state index < -0.39 is 24.5 Å². The van der Waals surface area contributed by atoms with Gasteiger partial charge in [-0.1, -0.05) is 54.5 Å². The fourth-order valence-corrected chi connectivity index (χ4v) is 6.98. The summed E-state index contributed by atoms with van der Waals surface area (Å²) in [6, 6.07) is 16.0. The summed E-state index contributed by atoms with van der Waals surface area (Å²) < 4.78 is 13.3. The zero-order valence-corrected chi connectivity index (χ0v) is 27.1. The Bertz CT molecular complexity index is 1950. The largest absolute Gasteiger partial charge is 0.387 e. The van der Waals surface area contributed by atoms with Gasteiger partial charge in [0.1, 0.15) is 18.3 Å². The van der Waals surface area contributed by atoms with Crippen molar-refractivity contribution in [1.82, 2.24) is 40.6 Å². The lowest BCUT2D eigenvalue weighted by Crippen LogP contribution is -2.47. The highest BCUT2D eigenvalue weighted by Crippen LogP contribution is 2.40. The van der Waals surface area contributed by atoms with Gasteiger partial charge >= 0.3 is 6.03 Å². The number of ether oxygens (including phenoxy) is 1. The first-order valence-electron chi connectivity index (χ1n) is 16.9. The van der Waals surface area contributed by atoms with Crippen molar-refractivity contribution in [2.75, 3.05) is 36.4 Å². The van der Waals surface area contributed by atoms with Crippen molar-refractivity contribution >= 4 is 39.7 Å². The highest BCUT2D eigenvalue weighted by molar-refractivity contribution is 5.87. The Kier molecular flexibility index (Phi) is 8.49. The van der Waals surface area contributed by atoms with Gasteiger partial charge in [-0.2, -0.15) is 9.97 Å². The molecular weight excluding hydrogens is 628 g/mol. The third kappa shape index (κ3) is 6.14. The van der Waals surface area contributed by atoms with E-state index in [9.17, 15) is 15.0 Å². The number of rotatable bonds is 9. The summed E-state index contributed by atoms with van der Waals surface area (Å²) in [5, 5.41) is 41.4. The number of nitrogens with one attached hydrogen (secondary N) is 4. The van der Waals surface area contributed by atoms with E-state index in [1.807, 2.05) is 30.0 Å². The number of aryl methyl sites for hydroxylation is 1. The number of hydrogen-bond donors (Lipinski definition) is 6. The van der Waals surface area contributed by atoms with Crippen LogP contribution in [0.1, 0.15) is 49.1 Å². The molecule has 3 aromatic heterocycles. The zero-order chi connectivity index (χ0) is 33.5. The van der Waals surface area contributed by atoms with Crippen LogP contribution in [0.15, 0.2) is 59.4 Å². The number of nitrogens with zero attached hydrogens (tertiary/aromatic N) is 6. The van der Waals surface area contributed by atoms with Gasteiger partial charge in [-0.25, -0.2) is 9.78 Å². The Morgan fingerprint density at radius 2 is 1.92 bits per heavy atom. The molecule has 6 heterocycles. The number of carbonyl (C=O) groups is 1. The quantitative estimate of drug-likeness (QED) is 0.135. The van der Waals surface area contributed by atoms with Gasteiger partial charge in [0.25, 0.3) is 0 Å². The number of anilines is 2. The fourth-order valence-electron chi connectivity index (χ4n) is 6.98. The molecule has 0 unspecified atom stereocenters. The van der Waals surface area contributed by atoms with Gasteiger partial charge in [0.2, 0.25) is 5.95 Å². The second-order valence-corrected chi connectivity index (χ2v) is 12.9. The van der Waals surface area contributed by atoms with Gasteiger partial charge < -0.3 is 45.6 Å². The number of hydrogen-bond acceptors (Lipinski definition) is 12. The molecule has 15 heteroatoms. The summed E-state index contributed by atoms with van der Waals surface area (Å²) in [5.41, 5.74) is 2.74. The van der Waals surface area contributed by atoms with Crippen LogP contribution in [-0.2, 0) is 17.7 Å². The first kappa shape index (κ1) is 31.4. The Morgan fingerprint density at radius 1 is 1.06 bits per heavy atom. The summed E-state index contributed by atoms with van der Waals surface area (Å²) in [6.07, 6.45) is -0.639. The predicted molar refractivity (Wildman–Crippen MR) is 181 cm³/mol. The lowest BCUT2D eigenvalue weighted by molar-refractivity contribution is -0.0434. The molecule has 0 saturated carbocycles. The number of benzene rings is 2. The molecule has 2 amide bonds. The Morgan fingerprint density at radius 3 is 2.76 bits per heavy atom. The van der Waals surface area contributed by atoms with Crippen LogP contribution in [0.25, 0.3) is 21.9 Å². The van der Waals surface area contributed by atoms with Gasteiger partial charge in [-0.15, -0.1) is 0 Å². The van der Waals surface area contributed by atoms with Gasteiger partial charge in [0, 0.05) is 44.3 Å². The van der Waals surface area contributed by atoms with Crippen molar-refractivity contribution in [3.63, 3.8) is 0 Å². The van der Waals surface area contributed by atoms with Crippen LogP contribution >= 0.6 is 0 Å². The van der Waals surface area contributed by atoms with Crippen LogP contribution in [0, 0.1) is 0 Å². The maximum Gasteiger partial charge on any atom is 0.315 e. The number of imidazole rings is 1. The molecule has 6 atom stereocenters. The summed E-state index contributed by atoms with van der Waals surface area (Å²) in [6.45, 7) is 5.26. The number of aliphatic hydroxyl groups is 2. The summed E-state index contributed by atoms with van der Waals surface area (Å²) in [7, 11) is 0. The van der Waals surface area contributed by atoms with Crippen LogP contribution in [0.5, 0.6) is 0 Å². The van der Waals surface area contributed by atoms with Crippen LogP contribution in [0.3, 0.4) is 0 Å². The predicted octanol–water partition coefficient (Wildman–Crippen LogP) is 2.37. The highest BCUT2D eigenvalue weighted by atomic mass is 16.6. The molecule has 0 radical (unpaired) electrons. The molecule has 3 fully saturated rings. The smallest absolute Gasteiger partial charge is 0.315 e. The van der Waals surface area contributed by atoms with E-state index >= 15 is 0 Å². The molecule has 0 bridgehead atoms. The zero-order valence-electron chi connectivity index (χ0n) is 27.1. The second kappa shape index (κ2) is 13.2. The monoisotopic (exact) mass is 668 g/mol. The van der Waals surface area contributed by atoms with Gasteiger partial charge in [-0.3, -0.25) is 4.57 Å². The number of amides is 2. The summed E-state index contributed by atoms with van der Waals surface area (Å²) in [4.78, 5) is 29.3. The van der Waals surface area contributed by atoms with Crippen LogP contribution in [0.2, 0.25) is 0 Å². The maximum absolute atomic E-state index is 12.7. The highest BCUT2D eigenvalue weighted by Gasteiger charge is 2.47. The first-order valence-corrected chi connectivity index (χ1v) is 16.9. The topological polar surface area (TPSA) is 188 Å². The van der Waals surface area contributed by atoms with Gasteiger partial charge in [0.05, 0.1) is 12.0 Å². The molecule has 2 aromatic carbocycles.